The van der Waals surface area contributed by atoms with Crippen LogP contribution in [0.4, 0.5) is 11.5 Å². The van der Waals surface area contributed by atoms with Gasteiger partial charge < -0.3 is 20.7 Å². The first-order valence-electron chi connectivity index (χ1n) is 14.2. The third-order valence-electron chi connectivity index (χ3n) is 7.70. The van der Waals surface area contributed by atoms with E-state index in [0.29, 0.717) is 65.9 Å². The number of ether oxygens (including phenoxy) is 1. The molecule has 0 unspecified atom stereocenters. The van der Waals surface area contributed by atoms with Crippen LogP contribution in [0.3, 0.4) is 0 Å². The smallest absolute Gasteiger partial charge is 0.284 e. The highest BCUT2D eigenvalue weighted by Crippen LogP contribution is 2.28. The number of hydrogen-bond donors (Lipinski definition) is 2. The summed E-state index contributed by atoms with van der Waals surface area (Å²) in [4.78, 5) is 50.4. The predicted molar refractivity (Wildman–Crippen MR) is 168 cm³/mol. The van der Waals surface area contributed by atoms with E-state index in [1.807, 2.05) is 42.5 Å². The maximum absolute atomic E-state index is 13.2. The van der Waals surface area contributed by atoms with Gasteiger partial charge in [-0.25, -0.2) is 14.6 Å². The van der Waals surface area contributed by atoms with Crippen LogP contribution in [-0.2, 0) is 11.8 Å². The number of rotatable bonds is 6. The van der Waals surface area contributed by atoms with Gasteiger partial charge in [-0.15, -0.1) is 0 Å². The summed E-state index contributed by atoms with van der Waals surface area (Å²) in [5.74, 6) is -0.313. The number of benzene rings is 3. The number of nitrogens with one attached hydrogen (secondary N) is 1. The van der Waals surface area contributed by atoms with Crippen molar-refractivity contribution in [1.82, 2.24) is 24.2 Å². The van der Waals surface area contributed by atoms with Crippen LogP contribution in [0.1, 0.15) is 26.4 Å². The van der Waals surface area contributed by atoms with Crippen molar-refractivity contribution in [2.24, 2.45) is 7.05 Å². The monoisotopic (exact) mass is 589 g/mol. The molecule has 3 aromatic carbocycles. The minimum atomic E-state index is -0.502. The fourth-order valence-corrected chi connectivity index (χ4v) is 5.25. The second-order valence-corrected chi connectivity index (χ2v) is 10.4. The quantitative estimate of drug-likeness (QED) is 0.306. The highest BCUT2D eigenvalue weighted by molar-refractivity contribution is 6.05. The Morgan fingerprint density at radius 3 is 2.39 bits per heavy atom. The molecule has 11 nitrogen and oxygen atoms in total. The summed E-state index contributed by atoms with van der Waals surface area (Å²) in [7, 11) is 1.74. The lowest BCUT2D eigenvalue weighted by Crippen LogP contribution is -2.40. The number of para-hydroxylation sites is 1. The van der Waals surface area contributed by atoms with Crippen LogP contribution in [0.15, 0.2) is 89.9 Å². The Hall–Kier alpha value is -5.55. The average Bonchev–Trinajstić information content (AvgIpc) is 3.29. The molecule has 0 bridgehead atoms. The molecule has 0 saturated carbocycles. The summed E-state index contributed by atoms with van der Waals surface area (Å²) in [5.41, 5.74) is 10.6. The van der Waals surface area contributed by atoms with Gasteiger partial charge in [-0.3, -0.25) is 19.1 Å². The number of amides is 2. The van der Waals surface area contributed by atoms with E-state index in [2.05, 4.69) is 10.3 Å². The third-order valence-corrected chi connectivity index (χ3v) is 7.70. The van der Waals surface area contributed by atoms with Gasteiger partial charge >= 0.3 is 0 Å². The molecule has 5 aromatic rings. The van der Waals surface area contributed by atoms with Crippen molar-refractivity contribution in [3.8, 4) is 28.2 Å². The zero-order valence-corrected chi connectivity index (χ0v) is 24.4. The molecule has 11 heteroatoms. The molecule has 1 aliphatic rings. The van der Waals surface area contributed by atoms with Crippen LogP contribution in [0.5, 0.6) is 0 Å². The molecule has 0 radical (unpaired) electrons. The Balaban J connectivity index is 1.22. The fraction of sp³-hybridized carbons (Fsp3) is 0.182. The first kappa shape index (κ1) is 28.6. The molecular formula is C33H31N7O4. The zero-order valence-electron chi connectivity index (χ0n) is 24.4. The number of nitrogens with two attached hydrogens (primary N) is 1. The number of hydrogen-bond acceptors (Lipinski definition) is 7. The van der Waals surface area contributed by atoms with Crippen LogP contribution in [0.25, 0.3) is 28.2 Å². The minimum absolute atomic E-state index is 0.0545. The van der Waals surface area contributed by atoms with Gasteiger partial charge in [-0.1, -0.05) is 42.5 Å². The Bertz CT molecular complexity index is 1910. The molecule has 0 spiro atoms. The molecule has 0 atom stereocenters. The van der Waals surface area contributed by atoms with Gasteiger partial charge in [-0.2, -0.15) is 0 Å². The highest BCUT2D eigenvalue weighted by atomic mass is 16.5. The summed E-state index contributed by atoms with van der Waals surface area (Å²) in [6, 6.07) is 23.4. The van der Waals surface area contributed by atoms with Crippen molar-refractivity contribution < 1.29 is 14.3 Å². The minimum Gasteiger partial charge on any atom is -0.382 e. The highest BCUT2D eigenvalue weighted by Gasteiger charge is 2.23. The number of carbonyl (C=O) groups excluding carboxylic acids is 2. The van der Waals surface area contributed by atoms with Crippen LogP contribution >= 0.6 is 0 Å². The van der Waals surface area contributed by atoms with E-state index in [9.17, 15) is 14.4 Å². The van der Waals surface area contributed by atoms with Crippen molar-refractivity contribution in [3.63, 3.8) is 0 Å². The van der Waals surface area contributed by atoms with Gasteiger partial charge in [0.05, 0.1) is 36.5 Å². The van der Waals surface area contributed by atoms with E-state index < -0.39 is 11.5 Å². The van der Waals surface area contributed by atoms with Gasteiger partial charge in [0.2, 0.25) is 0 Å². The van der Waals surface area contributed by atoms with Crippen LogP contribution < -0.4 is 16.6 Å². The Morgan fingerprint density at radius 2 is 1.66 bits per heavy atom. The Kier molecular flexibility index (Phi) is 7.78. The maximum atomic E-state index is 13.2. The Labute approximate surface area is 253 Å². The van der Waals surface area contributed by atoms with Gasteiger partial charge in [-0.05, 0) is 43.3 Å². The van der Waals surface area contributed by atoms with Crippen molar-refractivity contribution in [2.45, 2.75) is 6.92 Å². The zero-order chi connectivity index (χ0) is 30.8. The lowest BCUT2D eigenvalue weighted by Gasteiger charge is -2.27. The topological polar surface area (TPSA) is 137 Å². The van der Waals surface area contributed by atoms with Gasteiger partial charge in [0.15, 0.2) is 0 Å². The third kappa shape index (κ3) is 5.48. The summed E-state index contributed by atoms with van der Waals surface area (Å²) in [6.45, 7) is 3.91. The summed E-state index contributed by atoms with van der Waals surface area (Å²) in [5, 5.41) is 2.83. The van der Waals surface area contributed by atoms with E-state index in [4.69, 9.17) is 15.5 Å². The second-order valence-electron chi connectivity index (χ2n) is 10.4. The van der Waals surface area contributed by atoms with Crippen molar-refractivity contribution in [1.29, 1.82) is 0 Å². The molecule has 3 N–H and O–H groups in total. The molecule has 44 heavy (non-hydrogen) atoms. The molecule has 3 heterocycles. The number of carbonyl (C=O) groups is 2. The second kappa shape index (κ2) is 12.0. The lowest BCUT2D eigenvalue weighted by molar-refractivity contribution is 0.0303. The first-order chi connectivity index (χ1) is 21.3. The molecule has 1 saturated heterocycles. The van der Waals surface area contributed by atoms with Crippen molar-refractivity contribution in [3.05, 3.63) is 112 Å². The number of morpholine rings is 1. The number of aromatic nitrogens is 4. The fourth-order valence-electron chi connectivity index (χ4n) is 5.25. The van der Waals surface area contributed by atoms with Gasteiger partial charge in [0, 0.05) is 42.5 Å². The normalized spacial score (nSPS) is 13.1. The van der Waals surface area contributed by atoms with E-state index >= 15 is 0 Å². The number of nitrogens with zero attached hydrogens (tertiary/aromatic N) is 5. The largest absolute Gasteiger partial charge is 0.382 e. The molecule has 0 aliphatic carbocycles. The first-order valence-corrected chi connectivity index (χ1v) is 14.2. The summed E-state index contributed by atoms with van der Waals surface area (Å²) < 4.78 is 8.50. The molecular weight excluding hydrogens is 558 g/mol. The van der Waals surface area contributed by atoms with E-state index in [1.165, 1.54) is 4.68 Å². The van der Waals surface area contributed by atoms with E-state index in [0.717, 1.165) is 5.56 Å². The maximum Gasteiger partial charge on any atom is 0.284 e. The molecule has 2 aromatic heterocycles. The van der Waals surface area contributed by atoms with Crippen molar-refractivity contribution in [2.75, 3.05) is 37.4 Å². The van der Waals surface area contributed by atoms with Crippen LogP contribution in [-0.4, -0.2) is 62.3 Å². The molecule has 6 rings (SSSR count). The molecule has 222 valence electrons. The van der Waals surface area contributed by atoms with Gasteiger partial charge in [0.1, 0.15) is 17.1 Å². The molecule has 2 amide bonds. The molecule has 1 aliphatic heterocycles. The number of anilines is 2. The van der Waals surface area contributed by atoms with E-state index in [1.54, 1.807) is 66.1 Å². The SMILES string of the molecule is Cc1c(C(=O)Nc2ccc(-c3nc(-c4cccc(C(=O)N5CCOCC5)c4)cnc3N)cc2)c(=O)n(-c2ccccc2)n1C. The average molecular weight is 590 g/mol. The molecule has 1 fully saturated rings. The summed E-state index contributed by atoms with van der Waals surface area (Å²) >= 11 is 0. The Morgan fingerprint density at radius 1 is 0.932 bits per heavy atom. The number of nitrogen functional groups attached to an aromatic ring is 1. The van der Waals surface area contributed by atoms with E-state index in [-0.39, 0.29) is 17.3 Å². The van der Waals surface area contributed by atoms with Crippen LogP contribution in [0.2, 0.25) is 0 Å². The predicted octanol–water partition coefficient (Wildman–Crippen LogP) is 3.92. The summed E-state index contributed by atoms with van der Waals surface area (Å²) in [6.07, 6.45) is 1.58. The van der Waals surface area contributed by atoms with Gasteiger partial charge in [0.25, 0.3) is 17.4 Å². The van der Waals surface area contributed by atoms with Crippen molar-refractivity contribution >= 4 is 23.3 Å². The lowest BCUT2D eigenvalue weighted by atomic mass is 10.1. The standard InChI is InChI=1S/C33H31N7O4/c1-21-28(33(43)40(38(21)2)26-9-4-3-5-10-26)31(41)36-25-13-11-22(12-14-25)29-30(34)35-20-27(37-29)23-7-6-8-24(19-23)32(42)39-15-17-44-18-16-39/h3-14,19-20H,15-18H2,1-2H3,(H2,34,35)(H,36,41). The van der Waals surface area contributed by atoms with Crippen LogP contribution in [0, 0.1) is 6.92 Å².